The fourth-order valence-electron chi connectivity index (χ4n) is 1.46. The second kappa shape index (κ2) is 6.41. The Hall–Kier alpha value is -0.0500. The third kappa shape index (κ3) is 4.65. The Labute approximate surface area is 85.3 Å². The van der Waals surface area contributed by atoms with Crippen LogP contribution < -0.4 is 5.32 Å². The van der Waals surface area contributed by atoms with Gasteiger partial charge in [-0.25, -0.2) is 0 Å². The molecule has 0 radical (unpaired) electrons. The van der Waals surface area contributed by atoms with Crippen LogP contribution in [-0.2, 0) is 4.74 Å². The molecule has 1 unspecified atom stereocenters. The molecule has 1 heterocycles. The molecule has 1 fully saturated rings. The highest BCUT2D eigenvalue weighted by molar-refractivity contribution is 6.25. The molecule has 0 spiro atoms. The van der Waals surface area contributed by atoms with Crippen LogP contribution in [0.5, 0.6) is 0 Å². The summed E-state index contributed by atoms with van der Waals surface area (Å²) in [4.78, 5) is 0. The standard InChI is InChI=1S/C10H18ClNO/c1-9(7-11)8-12-5-4-10-3-2-6-13-10/h7,10,12H,2-6,8H2,1H3. The van der Waals surface area contributed by atoms with Gasteiger partial charge in [-0.15, -0.1) is 0 Å². The zero-order chi connectivity index (χ0) is 9.52. The van der Waals surface area contributed by atoms with E-state index in [-0.39, 0.29) is 0 Å². The van der Waals surface area contributed by atoms with Crippen LogP contribution in [0.4, 0.5) is 0 Å². The Bertz CT molecular complexity index is 164. The van der Waals surface area contributed by atoms with Crippen LogP contribution in [-0.4, -0.2) is 25.8 Å². The van der Waals surface area contributed by atoms with Crippen LogP contribution in [0.3, 0.4) is 0 Å². The van der Waals surface area contributed by atoms with Crippen molar-refractivity contribution >= 4 is 11.6 Å². The maximum absolute atomic E-state index is 5.53. The largest absolute Gasteiger partial charge is 0.378 e. The molecule has 0 aromatic carbocycles. The first kappa shape index (κ1) is 11.0. The van der Waals surface area contributed by atoms with Crippen molar-refractivity contribution in [1.82, 2.24) is 5.32 Å². The van der Waals surface area contributed by atoms with Crippen molar-refractivity contribution < 1.29 is 4.74 Å². The minimum absolute atomic E-state index is 0.493. The van der Waals surface area contributed by atoms with Gasteiger partial charge >= 0.3 is 0 Å². The van der Waals surface area contributed by atoms with E-state index in [1.165, 1.54) is 18.4 Å². The lowest BCUT2D eigenvalue weighted by molar-refractivity contribution is 0.104. The second-order valence-corrected chi connectivity index (χ2v) is 3.77. The van der Waals surface area contributed by atoms with Gasteiger partial charge in [0.2, 0.25) is 0 Å². The molecule has 0 bridgehead atoms. The number of hydrogen-bond donors (Lipinski definition) is 1. The fraction of sp³-hybridized carbons (Fsp3) is 0.800. The lowest BCUT2D eigenvalue weighted by atomic mass is 10.2. The Kier molecular flexibility index (Phi) is 5.44. The van der Waals surface area contributed by atoms with Gasteiger partial charge in [0.1, 0.15) is 0 Å². The molecule has 1 saturated heterocycles. The number of ether oxygens (including phenoxy) is 1. The predicted octanol–water partition coefficient (Wildman–Crippen LogP) is 2.29. The molecule has 1 aliphatic rings. The van der Waals surface area contributed by atoms with E-state index in [1.807, 2.05) is 6.92 Å². The quantitative estimate of drug-likeness (QED) is 0.693. The van der Waals surface area contributed by atoms with Crippen LogP contribution in [0, 0.1) is 0 Å². The summed E-state index contributed by atoms with van der Waals surface area (Å²) in [5.74, 6) is 0. The second-order valence-electron chi connectivity index (χ2n) is 3.56. The van der Waals surface area contributed by atoms with Crippen molar-refractivity contribution in [1.29, 1.82) is 0 Å². The summed E-state index contributed by atoms with van der Waals surface area (Å²) in [6, 6.07) is 0. The molecular weight excluding hydrogens is 186 g/mol. The van der Waals surface area contributed by atoms with Gasteiger partial charge < -0.3 is 10.1 Å². The van der Waals surface area contributed by atoms with Crippen molar-refractivity contribution in [3.8, 4) is 0 Å². The molecule has 2 nitrogen and oxygen atoms in total. The van der Waals surface area contributed by atoms with E-state index in [1.54, 1.807) is 5.54 Å². The highest BCUT2D eigenvalue weighted by Crippen LogP contribution is 2.14. The van der Waals surface area contributed by atoms with Gasteiger partial charge in [-0.2, -0.15) is 0 Å². The van der Waals surface area contributed by atoms with Crippen LogP contribution in [0.15, 0.2) is 11.1 Å². The van der Waals surface area contributed by atoms with E-state index in [0.717, 1.165) is 26.1 Å². The first-order valence-electron chi connectivity index (χ1n) is 4.91. The van der Waals surface area contributed by atoms with Crippen LogP contribution >= 0.6 is 11.6 Å². The topological polar surface area (TPSA) is 21.3 Å². The summed E-state index contributed by atoms with van der Waals surface area (Å²) in [6.07, 6.45) is 4.07. The summed E-state index contributed by atoms with van der Waals surface area (Å²) in [6.45, 7) is 4.88. The summed E-state index contributed by atoms with van der Waals surface area (Å²) in [5.41, 5.74) is 2.80. The fourth-order valence-corrected chi connectivity index (χ4v) is 1.54. The maximum Gasteiger partial charge on any atom is 0.0588 e. The van der Waals surface area contributed by atoms with Gasteiger partial charge in [0.05, 0.1) is 6.10 Å². The lowest BCUT2D eigenvalue weighted by Crippen LogP contribution is -2.21. The van der Waals surface area contributed by atoms with Crippen molar-refractivity contribution in [3.63, 3.8) is 0 Å². The Balaban J connectivity index is 1.94. The van der Waals surface area contributed by atoms with Gasteiger partial charge in [0, 0.05) is 18.7 Å². The molecule has 0 aliphatic carbocycles. The molecule has 76 valence electrons. The van der Waals surface area contributed by atoms with Crippen LogP contribution in [0.2, 0.25) is 0 Å². The van der Waals surface area contributed by atoms with Crippen LogP contribution in [0.1, 0.15) is 26.2 Å². The van der Waals surface area contributed by atoms with Crippen LogP contribution in [0.25, 0.3) is 0 Å². The molecule has 1 rings (SSSR count). The number of halogens is 1. The van der Waals surface area contributed by atoms with Crippen molar-refractivity contribution in [2.45, 2.75) is 32.3 Å². The molecule has 1 N–H and O–H groups in total. The Morgan fingerprint density at radius 2 is 2.54 bits per heavy atom. The molecule has 13 heavy (non-hydrogen) atoms. The summed E-state index contributed by atoms with van der Waals surface area (Å²) < 4.78 is 5.51. The van der Waals surface area contributed by atoms with Gasteiger partial charge in [0.25, 0.3) is 0 Å². The van der Waals surface area contributed by atoms with Gasteiger partial charge in [-0.05, 0) is 38.3 Å². The normalized spacial score (nSPS) is 23.8. The molecule has 0 aromatic heterocycles. The monoisotopic (exact) mass is 203 g/mol. The number of nitrogens with one attached hydrogen (secondary N) is 1. The third-order valence-electron chi connectivity index (χ3n) is 2.26. The maximum atomic E-state index is 5.53. The van der Waals surface area contributed by atoms with Crippen molar-refractivity contribution in [2.75, 3.05) is 19.7 Å². The van der Waals surface area contributed by atoms with E-state index in [2.05, 4.69) is 5.32 Å². The molecular formula is C10H18ClNO. The summed E-state index contributed by atoms with van der Waals surface area (Å²) in [7, 11) is 0. The van der Waals surface area contributed by atoms with E-state index >= 15 is 0 Å². The highest BCUT2D eigenvalue weighted by Gasteiger charge is 2.14. The average Bonchev–Trinajstić information content (AvgIpc) is 2.64. The molecule has 0 amide bonds. The highest BCUT2D eigenvalue weighted by atomic mass is 35.5. The Morgan fingerprint density at radius 1 is 1.69 bits per heavy atom. The minimum Gasteiger partial charge on any atom is -0.378 e. The minimum atomic E-state index is 0.493. The molecule has 0 saturated carbocycles. The Morgan fingerprint density at radius 3 is 3.15 bits per heavy atom. The molecule has 1 aliphatic heterocycles. The third-order valence-corrected chi connectivity index (χ3v) is 2.63. The zero-order valence-electron chi connectivity index (χ0n) is 8.18. The molecule has 3 heteroatoms. The van der Waals surface area contributed by atoms with Gasteiger partial charge in [-0.1, -0.05) is 11.6 Å². The first-order chi connectivity index (χ1) is 6.33. The van der Waals surface area contributed by atoms with E-state index in [4.69, 9.17) is 16.3 Å². The van der Waals surface area contributed by atoms with E-state index in [0.29, 0.717) is 6.10 Å². The molecule has 1 atom stereocenters. The van der Waals surface area contributed by atoms with Crippen molar-refractivity contribution in [2.24, 2.45) is 0 Å². The van der Waals surface area contributed by atoms with Gasteiger partial charge in [-0.3, -0.25) is 0 Å². The number of hydrogen-bond acceptors (Lipinski definition) is 2. The van der Waals surface area contributed by atoms with Gasteiger partial charge in [0.15, 0.2) is 0 Å². The van der Waals surface area contributed by atoms with Crippen molar-refractivity contribution in [3.05, 3.63) is 11.1 Å². The molecule has 0 aromatic rings. The zero-order valence-corrected chi connectivity index (χ0v) is 8.94. The van der Waals surface area contributed by atoms with E-state index < -0.39 is 0 Å². The average molecular weight is 204 g/mol. The predicted molar refractivity (Wildman–Crippen MR) is 56.1 cm³/mol. The lowest BCUT2D eigenvalue weighted by Gasteiger charge is -2.09. The number of rotatable bonds is 5. The smallest absolute Gasteiger partial charge is 0.0588 e. The first-order valence-corrected chi connectivity index (χ1v) is 5.34. The SMILES string of the molecule is CC(=CCl)CNCCC1CCCO1. The summed E-state index contributed by atoms with van der Waals surface area (Å²) >= 11 is 5.53. The summed E-state index contributed by atoms with van der Waals surface area (Å²) in [5, 5.41) is 3.33. The van der Waals surface area contributed by atoms with E-state index in [9.17, 15) is 0 Å².